The number of nitrogens with zero attached hydrogens (tertiary/aromatic N) is 2. The topological polar surface area (TPSA) is 49.9 Å². The first-order valence-electron chi connectivity index (χ1n) is 12.1. The lowest BCUT2D eigenvalue weighted by Crippen LogP contribution is -2.48. The highest BCUT2D eigenvalue weighted by Crippen LogP contribution is 2.35. The molecule has 1 aromatic heterocycles. The molecule has 5 nitrogen and oxygen atoms in total. The van der Waals surface area contributed by atoms with E-state index in [1.165, 1.54) is 17.0 Å². The molecular weight excluding hydrogens is 463 g/mol. The van der Waals surface area contributed by atoms with Gasteiger partial charge in [-0.1, -0.05) is 18.2 Å². The summed E-state index contributed by atoms with van der Waals surface area (Å²) in [6.45, 7) is 3.44. The highest BCUT2D eigenvalue weighted by Gasteiger charge is 2.35. The molecule has 0 N–H and O–H groups in total. The van der Waals surface area contributed by atoms with E-state index in [0.29, 0.717) is 30.3 Å². The Hall–Kier alpha value is -3.19. The highest BCUT2D eigenvalue weighted by atomic mass is 32.1. The number of hydrogen-bond donors (Lipinski definition) is 0. The molecule has 1 aliphatic heterocycles. The van der Waals surface area contributed by atoms with Crippen LogP contribution in [-0.2, 0) is 11.2 Å². The number of aryl methyl sites for hydroxylation is 1. The molecular formula is C28H29FN2O3S. The third-order valence-electron chi connectivity index (χ3n) is 6.80. The van der Waals surface area contributed by atoms with Crippen molar-refractivity contribution < 1.29 is 18.7 Å². The average Bonchev–Trinajstić information content (AvgIpc) is 3.55. The predicted molar refractivity (Wildman–Crippen MR) is 134 cm³/mol. The third-order valence-corrected chi connectivity index (χ3v) is 7.80. The summed E-state index contributed by atoms with van der Waals surface area (Å²) in [4.78, 5) is 31.9. The maximum absolute atomic E-state index is 13.7. The van der Waals surface area contributed by atoms with Crippen LogP contribution in [0.4, 0.5) is 4.39 Å². The Balaban J connectivity index is 1.34. The van der Waals surface area contributed by atoms with E-state index < -0.39 is 0 Å². The Morgan fingerprint density at radius 1 is 1.11 bits per heavy atom. The molecule has 35 heavy (non-hydrogen) atoms. The van der Waals surface area contributed by atoms with E-state index in [1.807, 2.05) is 41.5 Å². The highest BCUT2D eigenvalue weighted by molar-refractivity contribution is 7.10. The van der Waals surface area contributed by atoms with Crippen molar-refractivity contribution in [2.24, 2.45) is 5.92 Å². The van der Waals surface area contributed by atoms with Gasteiger partial charge in [0.25, 0.3) is 5.91 Å². The molecule has 0 spiro atoms. The van der Waals surface area contributed by atoms with Crippen LogP contribution in [0.1, 0.15) is 45.2 Å². The van der Waals surface area contributed by atoms with Crippen LogP contribution in [0.3, 0.4) is 0 Å². The van der Waals surface area contributed by atoms with E-state index in [4.69, 9.17) is 4.74 Å². The van der Waals surface area contributed by atoms with E-state index in [9.17, 15) is 14.0 Å². The number of carbonyl (C=O) groups excluding carboxylic acids is 2. The van der Waals surface area contributed by atoms with Gasteiger partial charge in [-0.3, -0.25) is 9.59 Å². The smallest absolute Gasteiger partial charge is 0.254 e. The Morgan fingerprint density at radius 2 is 1.89 bits per heavy atom. The lowest BCUT2D eigenvalue weighted by atomic mass is 10.00. The molecule has 0 unspecified atom stereocenters. The second-order valence-corrected chi connectivity index (χ2v) is 10.4. The Labute approximate surface area is 209 Å². The van der Waals surface area contributed by atoms with Crippen molar-refractivity contribution in [3.8, 4) is 5.75 Å². The van der Waals surface area contributed by atoms with Crippen LogP contribution in [0.5, 0.6) is 5.75 Å². The number of amides is 2. The lowest BCUT2D eigenvalue weighted by molar-refractivity contribution is -0.135. The molecule has 0 bridgehead atoms. The molecule has 182 valence electrons. The van der Waals surface area contributed by atoms with Crippen molar-refractivity contribution in [3.63, 3.8) is 0 Å². The number of rotatable bonds is 8. The van der Waals surface area contributed by atoms with Crippen molar-refractivity contribution in [1.82, 2.24) is 9.80 Å². The minimum Gasteiger partial charge on any atom is -0.491 e. The fraction of sp³-hybridized carbons (Fsp3) is 0.357. The zero-order valence-electron chi connectivity index (χ0n) is 19.8. The van der Waals surface area contributed by atoms with Gasteiger partial charge in [-0.2, -0.15) is 0 Å². The maximum atomic E-state index is 13.7. The molecule has 2 amide bonds. The molecule has 2 heterocycles. The number of thiophene rings is 1. The first-order chi connectivity index (χ1) is 17.0. The fourth-order valence-corrected chi connectivity index (χ4v) is 5.58. The van der Waals surface area contributed by atoms with E-state index in [1.54, 1.807) is 28.4 Å². The van der Waals surface area contributed by atoms with Crippen molar-refractivity contribution in [3.05, 3.63) is 87.4 Å². The maximum Gasteiger partial charge on any atom is 0.254 e. The monoisotopic (exact) mass is 492 g/mol. The van der Waals surface area contributed by atoms with Crippen molar-refractivity contribution >= 4 is 23.2 Å². The SMILES string of the molecule is Cc1ccccc1C(=O)N(CC(=O)N1CCc2sccc2[C@H]1COc1ccc(F)cc1)CC1CC1. The van der Waals surface area contributed by atoms with Crippen LogP contribution in [-0.4, -0.2) is 47.9 Å². The van der Waals surface area contributed by atoms with Crippen molar-refractivity contribution in [1.29, 1.82) is 0 Å². The number of carbonyl (C=O) groups is 2. The van der Waals surface area contributed by atoms with Crippen LogP contribution in [0.2, 0.25) is 0 Å². The summed E-state index contributed by atoms with van der Waals surface area (Å²) < 4.78 is 19.3. The molecule has 1 aliphatic carbocycles. The molecule has 0 saturated heterocycles. The summed E-state index contributed by atoms with van der Waals surface area (Å²) in [5.74, 6) is 0.554. The summed E-state index contributed by atoms with van der Waals surface area (Å²) in [7, 11) is 0. The normalized spacial score (nSPS) is 17.1. The molecule has 2 aromatic carbocycles. The summed E-state index contributed by atoms with van der Waals surface area (Å²) in [5.41, 5.74) is 2.66. The van der Waals surface area contributed by atoms with E-state index >= 15 is 0 Å². The minimum absolute atomic E-state index is 0.0518. The molecule has 1 fully saturated rings. The molecule has 1 atom stereocenters. The molecule has 2 aliphatic rings. The number of halogens is 1. The number of benzene rings is 2. The summed E-state index contributed by atoms with van der Waals surface area (Å²) in [6.07, 6.45) is 2.99. The van der Waals surface area contributed by atoms with Gasteiger partial charge in [0.1, 0.15) is 24.7 Å². The van der Waals surface area contributed by atoms with Crippen LogP contribution in [0, 0.1) is 18.7 Å². The molecule has 1 saturated carbocycles. The van der Waals surface area contributed by atoms with Crippen LogP contribution in [0.25, 0.3) is 0 Å². The van der Waals surface area contributed by atoms with Gasteiger partial charge in [0.2, 0.25) is 5.91 Å². The van der Waals surface area contributed by atoms with E-state index in [2.05, 4.69) is 6.07 Å². The van der Waals surface area contributed by atoms with Crippen LogP contribution >= 0.6 is 11.3 Å². The first-order valence-corrected chi connectivity index (χ1v) is 13.0. The zero-order chi connectivity index (χ0) is 24.4. The van der Waals surface area contributed by atoms with Gasteiger partial charge >= 0.3 is 0 Å². The van der Waals surface area contributed by atoms with Crippen LogP contribution < -0.4 is 4.74 Å². The number of hydrogen-bond acceptors (Lipinski definition) is 4. The van der Waals surface area contributed by atoms with Crippen molar-refractivity contribution in [2.75, 3.05) is 26.2 Å². The predicted octanol–water partition coefficient (Wildman–Crippen LogP) is 5.25. The van der Waals surface area contributed by atoms with Crippen molar-refractivity contribution in [2.45, 2.75) is 32.2 Å². The summed E-state index contributed by atoms with van der Waals surface area (Å²) in [5, 5.41) is 2.05. The minimum atomic E-state index is -0.319. The Kier molecular flexibility index (Phi) is 6.86. The zero-order valence-corrected chi connectivity index (χ0v) is 20.6. The largest absolute Gasteiger partial charge is 0.491 e. The van der Waals surface area contributed by atoms with Gasteiger partial charge in [-0.25, -0.2) is 4.39 Å². The Morgan fingerprint density at radius 3 is 2.63 bits per heavy atom. The standard InChI is InChI=1S/C28H29FN2O3S/c1-19-4-2-3-5-23(19)28(33)30(16-20-6-7-20)17-27(32)31-14-12-26-24(13-15-35-26)25(31)18-34-22-10-8-21(29)9-11-22/h2-5,8-11,13,15,20,25H,6-7,12,14,16-18H2,1H3/t25-/m1/s1. The molecule has 5 rings (SSSR count). The lowest BCUT2D eigenvalue weighted by Gasteiger charge is -2.37. The third kappa shape index (κ3) is 5.40. The number of fused-ring (bicyclic) bond motifs is 1. The van der Waals surface area contributed by atoms with E-state index in [-0.39, 0.29) is 36.8 Å². The Bertz CT molecular complexity index is 1200. The fourth-order valence-electron chi connectivity index (χ4n) is 4.65. The summed E-state index contributed by atoms with van der Waals surface area (Å²) in [6, 6.07) is 15.3. The average molecular weight is 493 g/mol. The first kappa shape index (κ1) is 23.5. The van der Waals surface area contributed by atoms with Gasteiger partial charge in [-0.15, -0.1) is 11.3 Å². The quantitative estimate of drug-likeness (QED) is 0.431. The second-order valence-electron chi connectivity index (χ2n) is 9.36. The molecule has 0 radical (unpaired) electrons. The second kappa shape index (κ2) is 10.2. The van der Waals surface area contributed by atoms with Gasteiger partial charge in [-0.05, 0) is 85.0 Å². The van der Waals surface area contributed by atoms with Gasteiger partial charge in [0.05, 0.1) is 6.04 Å². The van der Waals surface area contributed by atoms with Gasteiger partial charge in [0.15, 0.2) is 0 Å². The van der Waals surface area contributed by atoms with E-state index in [0.717, 1.165) is 30.4 Å². The van der Waals surface area contributed by atoms with Gasteiger partial charge < -0.3 is 14.5 Å². The molecule has 3 aromatic rings. The summed E-state index contributed by atoms with van der Waals surface area (Å²) >= 11 is 1.69. The van der Waals surface area contributed by atoms with Crippen LogP contribution in [0.15, 0.2) is 60.0 Å². The van der Waals surface area contributed by atoms with Gasteiger partial charge in [0, 0.05) is 23.5 Å². The molecule has 7 heteroatoms. The number of ether oxygens (including phenoxy) is 1.